The first-order valence-electron chi connectivity index (χ1n) is 7.03. The summed E-state index contributed by atoms with van der Waals surface area (Å²) in [5.41, 5.74) is 1.07. The van der Waals surface area contributed by atoms with E-state index in [1.807, 2.05) is 6.92 Å². The van der Waals surface area contributed by atoms with Crippen LogP contribution in [0, 0.1) is 0 Å². The van der Waals surface area contributed by atoms with Crippen LogP contribution in [-0.2, 0) is 14.6 Å². The number of nitrogens with one attached hydrogen (secondary N) is 1. The zero-order valence-electron chi connectivity index (χ0n) is 12.9. The molecule has 2 atom stereocenters. The molecule has 0 unspecified atom stereocenters. The van der Waals surface area contributed by atoms with Crippen LogP contribution in [0.3, 0.4) is 0 Å². The fourth-order valence-corrected chi connectivity index (χ4v) is 6.61. The third-order valence-corrected chi connectivity index (χ3v) is 8.29. The molecule has 1 aliphatic heterocycles. The van der Waals surface area contributed by atoms with E-state index < -0.39 is 9.84 Å². The number of hydrogen-bond acceptors (Lipinski definition) is 8. The predicted octanol–water partition coefficient (Wildman–Crippen LogP) is 1.99. The van der Waals surface area contributed by atoms with Crippen LogP contribution in [-0.4, -0.2) is 53.1 Å². The number of carbonyl (C=O) groups is 1. The van der Waals surface area contributed by atoms with Crippen molar-refractivity contribution in [2.24, 2.45) is 0 Å². The molecule has 0 bridgehead atoms. The van der Waals surface area contributed by atoms with Gasteiger partial charge in [-0.15, -0.1) is 10.2 Å². The first-order valence-corrected chi connectivity index (χ1v) is 11.5. The van der Waals surface area contributed by atoms with Crippen molar-refractivity contribution in [1.29, 1.82) is 0 Å². The monoisotopic (exact) mass is 393 g/mol. The highest BCUT2D eigenvalue weighted by Gasteiger charge is 2.30. The first kappa shape index (κ1) is 18.8. The van der Waals surface area contributed by atoms with Gasteiger partial charge in [0.25, 0.3) is 0 Å². The molecule has 1 amide bonds. The smallest absolute Gasteiger partial charge is 0.233 e. The molecule has 1 fully saturated rings. The van der Waals surface area contributed by atoms with E-state index in [1.54, 1.807) is 18.7 Å². The molecule has 23 heavy (non-hydrogen) atoms. The van der Waals surface area contributed by atoms with Gasteiger partial charge in [-0.3, -0.25) is 4.79 Å². The Hall–Kier alpha value is -0.580. The Bertz CT molecular complexity index is 686. The molecular weight excluding hydrogens is 374 g/mol. The highest BCUT2D eigenvalue weighted by atomic mass is 32.2. The minimum absolute atomic E-state index is 0.0383. The molecule has 1 aliphatic rings. The van der Waals surface area contributed by atoms with Crippen LogP contribution in [0.2, 0.25) is 0 Å². The summed E-state index contributed by atoms with van der Waals surface area (Å²) in [4.78, 5) is 12.1. The van der Waals surface area contributed by atoms with Crippen LogP contribution >= 0.6 is 34.9 Å². The Kier molecular flexibility index (Phi) is 6.52. The van der Waals surface area contributed by atoms with Gasteiger partial charge in [-0.2, -0.15) is 0 Å². The van der Waals surface area contributed by atoms with Crippen LogP contribution in [0.25, 0.3) is 0 Å². The van der Waals surface area contributed by atoms with Crippen LogP contribution in [0.1, 0.15) is 20.3 Å². The highest BCUT2D eigenvalue weighted by Crippen LogP contribution is 2.31. The SMILES string of the molecule is C=C(C)CSc1nnc(S[C@@H](C)C(=O)N[C@H]2CCS(=O)(=O)C2)s1. The summed E-state index contributed by atoms with van der Waals surface area (Å²) in [6.07, 6.45) is 0.492. The molecule has 0 saturated carbocycles. The van der Waals surface area contributed by atoms with E-state index in [4.69, 9.17) is 0 Å². The zero-order valence-corrected chi connectivity index (χ0v) is 16.2. The Balaban J connectivity index is 1.82. The maximum Gasteiger partial charge on any atom is 0.233 e. The van der Waals surface area contributed by atoms with Gasteiger partial charge in [0.2, 0.25) is 5.91 Å². The quantitative estimate of drug-likeness (QED) is 0.560. The standard InChI is InChI=1S/C13H19N3O3S4/c1-8(2)6-20-12-15-16-13(22-12)21-9(3)11(17)14-10-4-5-23(18,19)7-10/h9-10H,1,4-7H2,2-3H3,(H,14,17)/t9-,10-/m0/s1. The second kappa shape index (κ2) is 8.00. The molecule has 0 aliphatic carbocycles. The number of carbonyl (C=O) groups excluding carboxylic acids is 1. The third kappa shape index (κ3) is 6.09. The van der Waals surface area contributed by atoms with Crippen molar-refractivity contribution in [3.05, 3.63) is 12.2 Å². The summed E-state index contributed by atoms with van der Waals surface area (Å²) in [6.45, 7) is 7.58. The molecule has 128 valence electrons. The molecule has 1 aromatic rings. The van der Waals surface area contributed by atoms with Gasteiger partial charge in [-0.05, 0) is 20.3 Å². The number of hydrogen-bond donors (Lipinski definition) is 1. The van der Waals surface area contributed by atoms with E-state index in [0.29, 0.717) is 6.42 Å². The van der Waals surface area contributed by atoms with Gasteiger partial charge in [0, 0.05) is 11.8 Å². The molecule has 1 saturated heterocycles. The number of thioether (sulfide) groups is 2. The molecule has 10 heteroatoms. The van der Waals surface area contributed by atoms with E-state index in [0.717, 1.165) is 20.0 Å². The molecule has 0 spiro atoms. The van der Waals surface area contributed by atoms with Crippen LogP contribution < -0.4 is 5.32 Å². The van der Waals surface area contributed by atoms with Gasteiger partial charge in [0.15, 0.2) is 18.5 Å². The lowest BCUT2D eigenvalue weighted by Crippen LogP contribution is -2.39. The average molecular weight is 394 g/mol. The van der Waals surface area contributed by atoms with Crippen molar-refractivity contribution in [2.45, 2.75) is 40.2 Å². The second-order valence-electron chi connectivity index (χ2n) is 5.45. The van der Waals surface area contributed by atoms with Crippen molar-refractivity contribution in [2.75, 3.05) is 17.3 Å². The minimum atomic E-state index is -2.99. The molecule has 2 heterocycles. The summed E-state index contributed by atoms with van der Waals surface area (Å²) in [5.74, 6) is 0.824. The number of sulfone groups is 1. The number of nitrogens with zero attached hydrogens (tertiary/aromatic N) is 2. The van der Waals surface area contributed by atoms with Crippen molar-refractivity contribution in [3.8, 4) is 0 Å². The lowest BCUT2D eigenvalue weighted by Gasteiger charge is -2.14. The van der Waals surface area contributed by atoms with Crippen molar-refractivity contribution in [3.63, 3.8) is 0 Å². The van der Waals surface area contributed by atoms with Gasteiger partial charge >= 0.3 is 0 Å². The Morgan fingerprint density at radius 1 is 1.48 bits per heavy atom. The van der Waals surface area contributed by atoms with E-state index in [1.165, 1.54) is 23.1 Å². The maximum absolute atomic E-state index is 12.1. The Labute approximate surface area is 148 Å². The van der Waals surface area contributed by atoms with Gasteiger partial charge in [-0.1, -0.05) is 47.0 Å². The van der Waals surface area contributed by atoms with Crippen molar-refractivity contribution in [1.82, 2.24) is 15.5 Å². The summed E-state index contributed by atoms with van der Waals surface area (Å²) in [7, 11) is -2.99. The minimum Gasteiger partial charge on any atom is -0.351 e. The lowest BCUT2D eigenvalue weighted by molar-refractivity contribution is -0.120. The summed E-state index contributed by atoms with van der Waals surface area (Å²) >= 11 is 4.36. The van der Waals surface area contributed by atoms with Gasteiger partial charge in [-0.25, -0.2) is 8.42 Å². The van der Waals surface area contributed by atoms with Crippen LogP contribution in [0.15, 0.2) is 20.8 Å². The van der Waals surface area contributed by atoms with Gasteiger partial charge in [0.1, 0.15) is 0 Å². The molecule has 0 radical (unpaired) electrons. The fraction of sp³-hybridized carbons (Fsp3) is 0.615. The largest absolute Gasteiger partial charge is 0.351 e. The number of amides is 1. The highest BCUT2D eigenvalue weighted by molar-refractivity contribution is 8.04. The molecule has 6 nitrogen and oxygen atoms in total. The van der Waals surface area contributed by atoms with E-state index in [2.05, 4.69) is 22.1 Å². The Morgan fingerprint density at radius 2 is 2.17 bits per heavy atom. The van der Waals surface area contributed by atoms with Gasteiger partial charge < -0.3 is 5.32 Å². The lowest BCUT2D eigenvalue weighted by atomic mass is 10.2. The summed E-state index contributed by atoms with van der Waals surface area (Å²) < 4.78 is 24.4. The second-order valence-corrected chi connectivity index (χ2v) is 11.5. The molecule has 0 aromatic carbocycles. The number of aromatic nitrogens is 2. The molecule has 2 rings (SSSR count). The van der Waals surface area contributed by atoms with E-state index >= 15 is 0 Å². The Morgan fingerprint density at radius 3 is 2.78 bits per heavy atom. The predicted molar refractivity (Wildman–Crippen MR) is 96.0 cm³/mol. The fourth-order valence-electron chi connectivity index (χ4n) is 1.92. The molecule has 1 aromatic heterocycles. The third-order valence-electron chi connectivity index (χ3n) is 3.06. The topological polar surface area (TPSA) is 89.0 Å². The summed E-state index contributed by atoms with van der Waals surface area (Å²) in [5, 5.41) is 10.6. The van der Waals surface area contributed by atoms with E-state index in [9.17, 15) is 13.2 Å². The molecule has 1 N–H and O–H groups in total. The maximum atomic E-state index is 12.1. The molecular formula is C13H19N3O3S4. The normalized spacial score (nSPS) is 21.0. The number of rotatable bonds is 7. The first-order chi connectivity index (χ1) is 10.7. The zero-order chi connectivity index (χ0) is 17.0. The van der Waals surface area contributed by atoms with Gasteiger partial charge in [0.05, 0.1) is 16.8 Å². The van der Waals surface area contributed by atoms with Crippen LogP contribution in [0.4, 0.5) is 0 Å². The van der Waals surface area contributed by atoms with Crippen LogP contribution in [0.5, 0.6) is 0 Å². The van der Waals surface area contributed by atoms with E-state index in [-0.39, 0.29) is 28.7 Å². The summed E-state index contributed by atoms with van der Waals surface area (Å²) in [6, 6.07) is -0.272. The average Bonchev–Trinajstić information content (AvgIpc) is 3.03. The van der Waals surface area contributed by atoms with Crippen molar-refractivity contribution >= 4 is 50.6 Å². The van der Waals surface area contributed by atoms with Crippen molar-refractivity contribution < 1.29 is 13.2 Å².